The van der Waals surface area contributed by atoms with Crippen molar-refractivity contribution in [3.63, 3.8) is 0 Å². The van der Waals surface area contributed by atoms with Gasteiger partial charge in [-0.25, -0.2) is 17.6 Å². The van der Waals surface area contributed by atoms with Gasteiger partial charge in [0.1, 0.15) is 5.82 Å². The van der Waals surface area contributed by atoms with Crippen molar-refractivity contribution < 1.29 is 27.1 Å². The molecule has 3 rings (SSSR count). The molecule has 0 aromatic heterocycles. The third-order valence-corrected chi connectivity index (χ3v) is 6.68. The molecule has 1 unspecified atom stereocenters. The number of rotatable bonds is 6. The normalized spacial score (nSPS) is 15.9. The van der Waals surface area contributed by atoms with Gasteiger partial charge in [-0.1, -0.05) is 12.5 Å². The maximum Gasteiger partial charge on any atom is 0.338 e. The van der Waals surface area contributed by atoms with Crippen molar-refractivity contribution in [1.82, 2.24) is 4.31 Å². The number of sulfonamides is 1. The second-order valence-corrected chi connectivity index (χ2v) is 8.97. The number of esters is 1. The number of benzene rings is 2. The van der Waals surface area contributed by atoms with Gasteiger partial charge in [0.15, 0.2) is 6.10 Å². The van der Waals surface area contributed by atoms with E-state index >= 15 is 0 Å². The van der Waals surface area contributed by atoms with Crippen LogP contribution in [0.15, 0.2) is 53.4 Å². The predicted octanol–water partition coefficient (Wildman–Crippen LogP) is 3.18. The van der Waals surface area contributed by atoms with E-state index in [-0.39, 0.29) is 10.5 Å². The van der Waals surface area contributed by atoms with Crippen LogP contribution in [0.1, 0.15) is 36.5 Å². The minimum Gasteiger partial charge on any atom is -0.449 e. The zero-order valence-corrected chi connectivity index (χ0v) is 17.3. The lowest BCUT2D eigenvalue weighted by Gasteiger charge is -2.26. The standard InChI is InChI=1S/C21H23FN2O5S/c1-15(20(25)23-18-10-8-17(22)9-11-18)29-21(26)16-6-5-7-19(14-16)30(27,28)24-12-3-2-4-13-24/h5-11,14-15H,2-4,12-13H2,1H3,(H,23,25). The molecule has 0 aliphatic carbocycles. The van der Waals surface area contributed by atoms with Crippen molar-refractivity contribution in [2.45, 2.75) is 37.2 Å². The average molecular weight is 434 g/mol. The molecule has 9 heteroatoms. The van der Waals surface area contributed by atoms with E-state index in [1.54, 1.807) is 0 Å². The molecule has 0 radical (unpaired) electrons. The van der Waals surface area contributed by atoms with Gasteiger partial charge in [-0.3, -0.25) is 4.79 Å². The first-order chi connectivity index (χ1) is 14.3. The number of nitrogens with zero attached hydrogens (tertiary/aromatic N) is 1. The highest BCUT2D eigenvalue weighted by molar-refractivity contribution is 7.89. The molecule has 2 aromatic rings. The van der Waals surface area contributed by atoms with Crippen molar-refractivity contribution >= 4 is 27.6 Å². The molecule has 1 atom stereocenters. The number of anilines is 1. The summed E-state index contributed by atoms with van der Waals surface area (Å²) in [5, 5.41) is 2.52. The van der Waals surface area contributed by atoms with Crippen LogP contribution < -0.4 is 5.32 Å². The summed E-state index contributed by atoms with van der Waals surface area (Å²) in [7, 11) is -3.69. The molecule has 0 bridgehead atoms. The first-order valence-corrected chi connectivity index (χ1v) is 11.1. The monoisotopic (exact) mass is 434 g/mol. The Balaban J connectivity index is 1.67. The fourth-order valence-corrected chi connectivity index (χ4v) is 4.66. The maximum absolute atomic E-state index is 12.9. The lowest BCUT2D eigenvalue weighted by molar-refractivity contribution is -0.123. The Hall–Kier alpha value is -2.78. The molecule has 7 nitrogen and oxygen atoms in total. The summed E-state index contributed by atoms with van der Waals surface area (Å²) in [5.41, 5.74) is 0.397. The first-order valence-electron chi connectivity index (χ1n) is 9.65. The summed E-state index contributed by atoms with van der Waals surface area (Å²) in [6.45, 7) is 2.31. The highest BCUT2D eigenvalue weighted by Gasteiger charge is 2.27. The van der Waals surface area contributed by atoms with E-state index in [0.29, 0.717) is 18.8 Å². The third-order valence-electron chi connectivity index (χ3n) is 4.79. The number of amides is 1. The molecule has 1 amide bonds. The van der Waals surface area contributed by atoms with Crippen LogP contribution in [0.5, 0.6) is 0 Å². The third kappa shape index (κ3) is 5.22. The highest BCUT2D eigenvalue weighted by Crippen LogP contribution is 2.22. The summed E-state index contributed by atoms with van der Waals surface area (Å²) < 4.78 is 45.1. The second kappa shape index (κ2) is 9.36. The molecule has 1 saturated heterocycles. The Morgan fingerprint density at radius 1 is 1.07 bits per heavy atom. The van der Waals surface area contributed by atoms with Gasteiger partial charge in [-0.15, -0.1) is 0 Å². The largest absolute Gasteiger partial charge is 0.449 e. The SMILES string of the molecule is CC(OC(=O)c1cccc(S(=O)(=O)N2CCCCC2)c1)C(=O)Nc1ccc(F)cc1. The number of carbonyl (C=O) groups is 2. The molecule has 0 saturated carbocycles. The Labute approximate surface area is 174 Å². The van der Waals surface area contributed by atoms with E-state index < -0.39 is 33.8 Å². The zero-order valence-electron chi connectivity index (χ0n) is 16.5. The minimum atomic E-state index is -3.69. The molecule has 1 aliphatic rings. The van der Waals surface area contributed by atoms with Gasteiger partial charge in [0.05, 0.1) is 10.5 Å². The first kappa shape index (κ1) is 21.9. The van der Waals surface area contributed by atoms with Crippen LogP contribution in [0.4, 0.5) is 10.1 Å². The van der Waals surface area contributed by atoms with Crippen LogP contribution >= 0.6 is 0 Å². The molecule has 1 heterocycles. The van der Waals surface area contributed by atoms with Crippen LogP contribution in [-0.4, -0.2) is 43.8 Å². The summed E-state index contributed by atoms with van der Waals surface area (Å²) >= 11 is 0. The predicted molar refractivity (Wildman–Crippen MR) is 109 cm³/mol. The van der Waals surface area contributed by atoms with E-state index in [1.807, 2.05) is 0 Å². The molecule has 2 aromatic carbocycles. The topological polar surface area (TPSA) is 92.8 Å². The van der Waals surface area contributed by atoms with Gasteiger partial charge in [-0.2, -0.15) is 4.31 Å². The summed E-state index contributed by atoms with van der Waals surface area (Å²) in [6, 6.07) is 10.8. The number of hydrogen-bond donors (Lipinski definition) is 1. The quantitative estimate of drug-likeness (QED) is 0.705. The Morgan fingerprint density at radius 3 is 2.40 bits per heavy atom. The van der Waals surface area contributed by atoms with Crippen LogP contribution in [0.25, 0.3) is 0 Å². The van der Waals surface area contributed by atoms with Crippen molar-refractivity contribution in [3.8, 4) is 0 Å². The molecular weight excluding hydrogens is 411 g/mol. The molecule has 1 aliphatic heterocycles. The van der Waals surface area contributed by atoms with Crippen LogP contribution in [0, 0.1) is 5.82 Å². The van der Waals surface area contributed by atoms with Gasteiger partial charge in [0.2, 0.25) is 10.0 Å². The van der Waals surface area contributed by atoms with Gasteiger partial charge in [0, 0.05) is 18.8 Å². The van der Waals surface area contributed by atoms with Gasteiger partial charge in [0.25, 0.3) is 5.91 Å². The summed E-state index contributed by atoms with van der Waals surface area (Å²) in [4.78, 5) is 24.7. The van der Waals surface area contributed by atoms with Gasteiger partial charge >= 0.3 is 5.97 Å². The smallest absolute Gasteiger partial charge is 0.338 e. The van der Waals surface area contributed by atoms with Crippen LogP contribution in [-0.2, 0) is 19.6 Å². The van der Waals surface area contributed by atoms with E-state index in [9.17, 15) is 22.4 Å². The van der Waals surface area contributed by atoms with E-state index in [4.69, 9.17) is 4.74 Å². The van der Waals surface area contributed by atoms with Crippen molar-refractivity contribution in [3.05, 3.63) is 59.9 Å². The Bertz CT molecular complexity index is 1020. The number of nitrogens with one attached hydrogen (secondary N) is 1. The number of piperidine rings is 1. The van der Waals surface area contributed by atoms with Gasteiger partial charge < -0.3 is 10.1 Å². The highest BCUT2D eigenvalue weighted by atomic mass is 32.2. The fourth-order valence-electron chi connectivity index (χ4n) is 3.10. The van der Waals surface area contributed by atoms with Gasteiger partial charge in [-0.05, 0) is 62.2 Å². The minimum absolute atomic E-state index is 0.0160. The number of carbonyl (C=O) groups excluding carboxylic acids is 2. The van der Waals surface area contributed by atoms with Crippen molar-refractivity contribution in [2.24, 2.45) is 0 Å². The Morgan fingerprint density at radius 2 is 1.73 bits per heavy atom. The number of halogens is 1. The second-order valence-electron chi connectivity index (χ2n) is 7.04. The van der Waals surface area contributed by atoms with Crippen molar-refractivity contribution in [2.75, 3.05) is 18.4 Å². The number of ether oxygens (including phenoxy) is 1. The molecule has 160 valence electrons. The summed E-state index contributed by atoms with van der Waals surface area (Å²) in [6.07, 6.45) is 1.48. The zero-order chi connectivity index (χ0) is 21.7. The summed E-state index contributed by atoms with van der Waals surface area (Å²) in [5.74, 6) is -1.84. The lowest BCUT2D eigenvalue weighted by atomic mass is 10.2. The van der Waals surface area contributed by atoms with E-state index in [0.717, 1.165) is 19.3 Å². The Kier molecular flexibility index (Phi) is 6.84. The average Bonchev–Trinajstić information content (AvgIpc) is 2.76. The maximum atomic E-state index is 12.9. The fraction of sp³-hybridized carbons (Fsp3) is 0.333. The molecule has 1 fully saturated rings. The molecular formula is C21H23FN2O5S. The van der Waals surface area contributed by atoms with E-state index in [2.05, 4.69) is 5.32 Å². The molecule has 0 spiro atoms. The van der Waals surface area contributed by atoms with Crippen LogP contribution in [0.2, 0.25) is 0 Å². The van der Waals surface area contributed by atoms with Crippen molar-refractivity contribution in [1.29, 1.82) is 0 Å². The lowest BCUT2D eigenvalue weighted by Crippen LogP contribution is -2.35. The van der Waals surface area contributed by atoms with Crippen LogP contribution in [0.3, 0.4) is 0 Å². The molecule has 1 N–H and O–H groups in total. The van der Waals surface area contributed by atoms with E-state index in [1.165, 1.54) is 59.8 Å². The number of hydrogen-bond acceptors (Lipinski definition) is 5. The molecule has 30 heavy (non-hydrogen) atoms.